The summed E-state index contributed by atoms with van der Waals surface area (Å²) in [5.41, 5.74) is 0.599. The standard InChI is InChI=1S/C25H37N3O5/c1-2-3-4-17-33-22-7-5-21(6-8-22)23(29)9-10-24(30)27-11-13-28(14-12-27)25(31)20-26-15-18-32-19-16-26/h5-8H,2-4,9-20H2,1H3. The van der Waals surface area contributed by atoms with Gasteiger partial charge in [0.25, 0.3) is 0 Å². The smallest absolute Gasteiger partial charge is 0.236 e. The first-order valence-electron chi connectivity index (χ1n) is 12.2. The zero-order valence-corrected chi connectivity index (χ0v) is 19.8. The van der Waals surface area contributed by atoms with E-state index in [9.17, 15) is 14.4 Å². The molecule has 8 nitrogen and oxygen atoms in total. The molecule has 0 atom stereocenters. The maximum absolute atomic E-state index is 12.6. The van der Waals surface area contributed by atoms with Crippen LogP contribution >= 0.6 is 0 Å². The summed E-state index contributed by atoms with van der Waals surface area (Å²) in [6.45, 7) is 8.29. The van der Waals surface area contributed by atoms with E-state index in [-0.39, 0.29) is 30.4 Å². The van der Waals surface area contributed by atoms with Gasteiger partial charge >= 0.3 is 0 Å². The van der Waals surface area contributed by atoms with Gasteiger partial charge in [-0.25, -0.2) is 0 Å². The van der Waals surface area contributed by atoms with Gasteiger partial charge in [-0.1, -0.05) is 19.8 Å². The number of amides is 2. The number of rotatable bonds is 11. The molecular formula is C25H37N3O5. The summed E-state index contributed by atoms with van der Waals surface area (Å²) in [5.74, 6) is 0.802. The number of ketones is 1. The largest absolute Gasteiger partial charge is 0.494 e. The fourth-order valence-corrected chi connectivity index (χ4v) is 4.06. The topological polar surface area (TPSA) is 79.4 Å². The van der Waals surface area contributed by atoms with Crippen LogP contribution in [0.3, 0.4) is 0 Å². The van der Waals surface area contributed by atoms with Crippen LogP contribution in [0.15, 0.2) is 24.3 Å². The number of hydrogen-bond acceptors (Lipinski definition) is 6. The van der Waals surface area contributed by atoms with Gasteiger partial charge < -0.3 is 19.3 Å². The number of carbonyl (C=O) groups is 3. The Balaban J connectivity index is 1.35. The zero-order chi connectivity index (χ0) is 23.5. The highest BCUT2D eigenvalue weighted by Crippen LogP contribution is 2.15. The Hall–Kier alpha value is -2.45. The fourth-order valence-electron chi connectivity index (χ4n) is 4.06. The predicted octanol–water partition coefficient (Wildman–Crippen LogP) is 2.22. The summed E-state index contributed by atoms with van der Waals surface area (Å²) in [5, 5.41) is 0. The van der Waals surface area contributed by atoms with Gasteiger partial charge in [0.2, 0.25) is 11.8 Å². The highest BCUT2D eigenvalue weighted by atomic mass is 16.5. The van der Waals surface area contributed by atoms with E-state index >= 15 is 0 Å². The van der Waals surface area contributed by atoms with E-state index in [1.807, 2.05) is 17.0 Å². The van der Waals surface area contributed by atoms with Crippen LogP contribution in [-0.4, -0.2) is 97.9 Å². The number of piperazine rings is 1. The quantitative estimate of drug-likeness (QED) is 0.373. The summed E-state index contributed by atoms with van der Waals surface area (Å²) >= 11 is 0. The second kappa shape index (κ2) is 13.3. The second-order valence-electron chi connectivity index (χ2n) is 8.65. The minimum absolute atomic E-state index is 0.0282. The van der Waals surface area contributed by atoms with Crippen molar-refractivity contribution in [3.63, 3.8) is 0 Å². The third kappa shape index (κ3) is 8.12. The van der Waals surface area contributed by atoms with Crippen molar-refractivity contribution < 1.29 is 23.9 Å². The first kappa shape index (κ1) is 25.2. The highest BCUT2D eigenvalue weighted by Gasteiger charge is 2.26. The molecule has 33 heavy (non-hydrogen) atoms. The van der Waals surface area contributed by atoms with E-state index in [1.165, 1.54) is 0 Å². The van der Waals surface area contributed by atoms with Crippen LogP contribution in [0.1, 0.15) is 49.4 Å². The van der Waals surface area contributed by atoms with Crippen LogP contribution in [0, 0.1) is 0 Å². The summed E-state index contributed by atoms with van der Waals surface area (Å²) in [4.78, 5) is 43.3. The van der Waals surface area contributed by atoms with Crippen LogP contribution in [0.5, 0.6) is 5.75 Å². The van der Waals surface area contributed by atoms with Crippen LogP contribution in [0.25, 0.3) is 0 Å². The molecule has 1 aromatic carbocycles. The molecule has 0 aromatic heterocycles. The number of hydrogen-bond donors (Lipinski definition) is 0. The maximum atomic E-state index is 12.6. The van der Waals surface area contributed by atoms with E-state index in [2.05, 4.69) is 11.8 Å². The van der Waals surface area contributed by atoms with E-state index in [0.29, 0.717) is 58.1 Å². The predicted molar refractivity (Wildman–Crippen MR) is 125 cm³/mol. The van der Waals surface area contributed by atoms with Crippen LogP contribution in [0.4, 0.5) is 0 Å². The summed E-state index contributed by atoms with van der Waals surface area (Å²) in [6, 6.07) is 7.16. The van der Waals surface area contributed by atoms with Gasteiger partial charge in [-0.2, -0.15) is 0 Å². The molecule has 0 bridgehead atoms. The lowest BCUT2D eigenvalue weighted by Gasteiger charge is -2.36. The van der Waals surface area contributed by atoms with Crippen molar-refractivity contribution in [3.8, 4) is 5.75 Å². The average molecular weight is 460 g/mol. The monoisotopic (exact) mass is 459 g/mol. The molecule has 2 fully saturated rings. The lowest BCUT2D eigenvalue weighted by atomic mass is 10.1. The summed E-state index contributed by atoms with van der Waals surface area (Å²) < 4.78 is 11.0. The lowest BCUT2D eigenvalue weighted by Crippen LogP contribution is -2.53. The molecule has 1 aromatic rings. The molecular weight excluding hydrogens is 422 g/mol. The molecule has 0 radical (unpaired) electrons. The second-order valence-corrected chi connectivity index (χ2v) is 8.65. The molecule has 0 unspecified atom stereocenters. The average Bonchev–Trinajstić information content (AvgIpc) is 2.86. The van der Waals surface area contributed by atoms with Gasteiger partial charge in [0.1, 0.15) is 5.75 Å². The molecule has 0 N–H and O–H groups in total. The lowest BCUT2D eigenvalue weighted by molar-refractivity contribution is -0.140. The molecule has 2 amide bonds. The van der Waals surface area contributed by atoms with Crippen molar-refractivity contribution in [1.82, 2.24) is 14.7 Å². The molecule has 3 rings (SSSR count). The molecule has 2 aliphatic heterocycles. The first-order chi connectivity index (χ1) is 16.1. The van der Waals surface area contributed by atoms with Crippen molar-refractivity contribution in [1.29, 1.82) is 0 Å². The summed E-state index contributed by atoms with van der Waals surface area (Å²) in [6.07, 6.45) is 3.69. The molecule has 0 aliphatic carbocycles. The van der Waals surface area contributed by atoms with Crippen molar-refractivity contribution in [3.05, 3.63) is 29.8 Å². The van der Waals surface area contributed by atoms with E-state index < -0.39 is 0 Å². The third-order valence-electron chi connectivity index (χ3n) is 6.21. The Morgan fingerprint density at radius 2 is 1.48 bits per heavy atom. The SMILES string of the molecule is CCCCCOc1ccc(C(=O)CCC(=O)N2CCN(C(=O)CN3CCOCC3)CC2)cc1. The van der Waals surface area contributed by atoms with E-state index in [1.54, 1.807) is 17.0 Å². The van der Waals surface area contributed by atoms with E-state index in [0.717, 1.165) is 38.1 Å². The van der Waals surface area contributed by atoms with Crippen molar-refractivity contribution in [2.24, 2.45) is 0 Å². The normalized spacial score (nSPS) is 17.1. The Morgan fingerprint density at radius 3 is 2.12 bits per heavy atom. The molecule has 0 spiro atoms. The number of nitrogens with zero attached hydrogens (tertiary/aromatic N) is 3. The van der Waals surface area contributed by atoms with Gasteiger partial charge in [0.15, 0.2) is 5.78 Å². The van der Waals surface area contributed by atoms with Gasteiger partial charge in [-0.05, 0) is 30.7 Å². The van der Waals surface area contributed by atoms with Crippen LogP contribution in [0.2, 0.25) is 0 Å². The van der Waals surface area contributed by atoms with Gasteiger partial charge in [0, 0.05) is 57.7 Å². The van der Waals surface area contributed by atoms with Gasteiger partial charge in [0.05, 0.1) is 26.4 Å². The van der Waals surface area contributed by atoms with Gasteiger partial charge in [-0.3, -0.25) is 19.3 Å². The van der Waals surface area contributed by atoms with Crippen molar-refractivity contribution in [2.45, 2.75) is 39.0 Å². The van der Waals surface area contributed by atoms with Crippen LogP contribution in [-0.2, 0) is 14.3 Å². The molecule has 2 saturated heterocycles. The Morgan fingerprint density at radius 1 is 0.848 bits per heavy atom. The number of Topliss-reactive ketones (excluding diaryl/α,β-unsaturated/α-hetero) is 1. The van der Waals surface area contributed by atoms with E-state index in [4.69, 9.17) is 9.47 Å². The zero-order valence-electron chi connectivity index (χ0n) is 19.8. The van der Waals surface area contributed by atoms with Crippen molar-refractivity contribution in [2.75, 3.05) is 65.6 Å². The van der Waals surface area contributed by atoms with Crippen molar-refractivity contribution >= 4 is 17.6 Å². The number of morpholine rings is 1. The fraction of sp³-hybridized carbons (Fsp3) is 0.640. The Bertz CT molecular complexity index is 769. The first-order valence-corrected chi connectivity index (χ1v) is 12.2. The van der Waals surface area contributed by atoms with Crippen LogP contribution < -0.4 is 4.74 Å². The number of carbonyl (C=O) groups excluding carboxylic acids is 3. The highest BCUT2D eigenvalue weighted by molar-refractivity contribution is 5.98. The number of unbranched alkanes of at least 4 members (excludes halogenated alkanes) is 2. The molecule has 2 aliphatic rings. The minimum atomic E-state index is -0.0415. The molecule has 2 heterocycles. The third-order valence-corrected chi connectivity index (χ3v) is 6.21. The number of ether oxygens (including phenoxy) is 2. The molecule has 8 heteroatoms. The Kier molecular flexibility index (Phi) is 10.2. The Labute approximate surface area is 196 Å². The minimum Gasteiger partial charge on any atom is -0.494 e. The summed E-state index contributed by atoms with van der Waals surface area (Å²) in [7, 11) is 0. The molecule has 0 saturated carbocycles. The maximum Gasteiger partial charge on any atom is 0.236 e. The molecule has 182 valence electrons. The number of benzene rings is 1. The van der Waals surface area contributed by atoms with Gasteiger partial charge in [-0.15, -0.1) is 0 Å².